The molecule has 0 spiro atoms. The third-order valence-corrected chi connectivity index (χ3v) is 4.70. The maximum absolute atomic E-state index is 6.07. The molecule has 6 heteroatoms. The van der Waals surface area contributed by atoms with Gasteiger partial charge in [0.05, 0.1) is 22.6 Å². The zero-order valence-corrected chi connectivity index (χ0v) is 15.7. The monoisotopic (exact) mass is 357 g/mol. The van der Waals surface area contributed by atoms with Gasteiger partial charge in [-0.05, 0) is 38.0 Å². The molecule has 0 aliphatic rings. The minimum absolute atomic E-state index is 0.685. The van der Waals surface area contributed by atoms with Crippen molar-refractivity contribution < 1.29 is 0 Å². The molecule has 0 unspecified atom stereocenters. The van der Waals surface area contributed by atoms with E-state index in [0.29, 0.717) is 5.02 Å². The number of rotatable bonds is 7. The van der Waals surface area contributed by atoms with E-state index in [9.17, 15) is 0 Å². The highest BCUT2D eigenvalue weighted by molar-refractivity contribution is 6.31. The van der Waals surface area contributed by atoms with Crippen LogP contribution in [0.5, 0.6) is 0 Å². The van der Waals surface area contributed by atoms with Gasteiger partial charge in [-0.2, -0.15) is 10.2 Å². The Morgan fingerprint density at radius 3 is 2.52 bits per heavy atom. The fourth-order valence-corrected chi connectivity index (χ4v) is 2.91. The Hall–Kier alpha value is -2.11. The molecular weight excluding hydrogens is 334 g/mol. The highest BCUT2D eigenvalue weighted by Crippen LogP contribution is 2.17. The highest BCUT2D eigenvalue weighted by Gasteiger charge is 2.06. The fourth-order valence-electron chi connectivity index (χ4n) is 2.78. The van der Waals surface area contributed by atoms with Crippen molar-refractivity contribution >= 4 is 11.6 Å². The van der Waals surface area contributed by atoms with Crippen LogP contribution in [0.4, 0.5) is 0 Å². The Balaban J connectivity index is 1.57. The average Bonchev–Trinajstić information content (AvgIpc) is 3.12. The van der Waals surface area contributed by atoms with Crippen LogP contribution >= 0.6 is 11.6 Å². The summed E-state index contributed by atoms with van der Waals surface area (Å²) in [5.41, 5.74) is 5.58. The molecule has 0 aliphatic heterocycles. The minimum atomic E-state index is 0.685. The number of hydrogen-bond donors (Lipinski definition) is 1. The largest absolute Gasteiger partial charge is 0.308 e. The SMILES string of the molecule is CCCn1ncc(CNCc2ccc(-n3cc(Cl)c(C)n3)cc2)c1C. The van der Waals surface area contributed by atoms with Crippen LogP contribution in [0.1, 0.15) is 35.9 Å². The maximum atomic E-state index is 6.07. The Labute approximate surface area is 153 Å². The second-order valence-corrected chi connectivity index (χ2v) is 6.66. The van der Waals surface area contributed by atoms with E-state index < -0.39 is 0 Å². The van der Waals surface area contributed by atoms with Gasteiger partial charge in [-0.3, -0.25) is 4.68 Å². The summed E-state index contributed by atoms with van der Waals surface area (Å²) in [6, 6.07) is 8.34. The molecule has 2 aromatic heterocycles. The van der Waals surface area contributed by atoms with Gasteiger partial charge in [-0.15, -0.1) is 0 Å². The van der Waals surface area contributed by atoms with Gasteiger partial charge in [-0.1, -0.05) is 30.7 Å². The van der Waals surface area contributed by atoms with Gasteiger partial charge < -0.3 is 5.32 Å². The van der Waals surface area contributed by atoms with Crippen molar-refractivity contribution in [1.29, 1.82) is 0 Å². The van der Waals surface area contributed by atoms with Crippen molar-refractivity contribution in [3.05, 3.63) is 64.2 Å². The number of aromatic nitrogens is 4. The highest BCUT2D eigenvalue weighted by atomic mass is 35.5. The molecule has 25 heavy (non-hydrogen) atoms. The molecule has 3 rings (SSSR count). The van der Waals surface area contributed by atoms with Gasteiger partial charge in [0.25, 0.3) is 0 Å². The van der Waals surface area contributed by atoms with E-state index in [2.05, 4.69) is 58.3 Å². The first-order chi connectivity index (χ1) is 12.1. The van der Waals surface area contributed by atoms with Gasteiger partial charge in [-0.25, -0.2) is 4.68 Å². The molecule has 1 aromatic carbocycles. The van der Waals surface area contributed by atoms with Crippen molar-refractivity contribution in [1.82, 2.24) is 24.9 Å². The van der Waals surface area contributed by atoms with Crippen LogP contribution in [0.3, 0.4) is 0 Å². The lowest BCUT2D eigenvalue weighted by molar-refractivity contribution is 0.584. The molecular formula is C19H24ClN5. The van der Waals surface area contributed by atoms with Crippen molar-refractivity contribution in [2.75, 3.05) is 0 Å². The van der Waals surface area contributed by atoms with Crippen LogP contribution in [0.25, 0.3) is 5.69 Å². The molecule has 1 N–H and O–H groups in total. The predicted octanol–water partition coefficient (Wildman–Crippen LogP) is 4.04. The van der Waals surface area contributed by atoms with Crippen LogP contribution in [0, 0.1) is 13.8 Å². The van der Waals surface area contributed by atoms with Crippen LogP contribution in [-0.2, 0) is 19.6 Å². The van der Waals surface area contributed by atoms with Crippen molar-refractivity contribution in [2.24, 2.45) is 0 Å². The lowest BCUT2D eigenvalue weighted by atomic mass is 10.2. The molecule has 0 atom stereocenters. The Bertz CT molecular complexity index is 813. The smallest absolute Gasteiger partial charge is 0.0819 e. The standard InChI is InChI=1S/C19H24ClN5/c1-4-9-24-15(3)17(12-22-24)11-21-10-16-5-7-18(8-6-16)25-13-19(20)14(2)23-25/h5-8,12-13,21H,4,9-11H2,1-3H3. The average molecular weight is 358 g/mol. The quantitative estimate of drug-likeness (QED) is 0.694. The first kappa shape index (κ1) is 17.7. The third-order valence-electron chi connectivity index (χ3n) is 4.32. The summed E-state index contributed by atoms with van der Waals surface area (Å²) in [7, 11) is 0. The summed E-state index contributed by atoms with van der Waals surface area (Å²) in [6.45, 7) is 8.82. The summed E-state index contributed by atoms with van der Waals surface area (Å²) in [5.74, 6) is 0. The van der Waals surface area contributed by atoms with Gasteiger partial charge in [0.2, 0.25) is 0 Å². The first-order valence-corrected chi connectivity index (χ1v) is 8.99. The number of nitrogens with zero attached hydrogens (tertiary/aromatic N) is 4. The summed E-state index contributed by atoms with van der Waals surface area (Å²) < 4.78 is 3.88. The molecule has 0 saturated heterocycles. The maximum Gasteiger partial charge on any atom is 0.0819 e. The third kappa shape index (κ3) is 4.11. The second-order valence-electron chi connectivity index (χ2n) is 6.26. The first-order valence-electron chi connectivity index (χ1n) is 8.61. The molecule has 0 bridgehead atoms. The topological polar surface area (TPSA) is 47.7 Å². The molecule has 0 aliphatic carbocycles. The normalized spacial score (nSPS) is 11.2. The Morgan fingerprint density at radius 1 is 1.12 bits per heavy atom. The van der Waals surface area contributed by atoms with Crippen LogP contribution < -0.4 is 5.32 Å². The van der Waals surface area contributed by atoms with Gasteiger partial charge in [0, 0.05) is 37.1 Å². The number of halogens is 1. The van der Waals surface area contributed by atoms with Crippen molar-refractivity contribution in [3.63, 3.8) is 0 Å². The van der Waals surface area contributed by atoms with E-state index in [1.165, 1.54) is 16.8 Å². The summed E-state index contributed by atoms with van der Waals surface area (Å²) in [4.78, 5) is 0. The minimum Gasteiger partial charge on any atom is -0.308 e. The number of benzene rings is 1. The second kappa shape index (κ2) is 7.85. The Morgan fingerprint density at radius 2 is 1.88 bits per heavy atom. The van der Waals surface area contributed by atoms with Gasteiger partial charge >= 0.3 is 0 Å². The number of aryl methyl sites for hydroxylation is 2. The van der Waals surface area contributed by atoms with E-state index in [0.717, 1.165) is 37.4 Å². The predicted molar refractivity (Wildman–Crippen MR) is 101 cm³/mol. The molecule has 5 nitrogen and oxygen atoms in total. The molecule has 2 heterocycles. The molecule has 0 fully saturated rings. The summed E-state index contributed by atoms with van der Waals surface area (Å²) >= 11 is 6.07. The summed E-state index contributed by atoms with van der Waals surface area (Å²) in [6.07, 6.45) is 4.90. The van der Waals surface area contributed by atoms with Crippen LogP contribution in [0.15, 0.2) is 36.7 Å². The van der Waals surface area contributed by atoms with Gasteiger partial charge in [0.1, 0.15) is 0 Å². The fraction of sp³-hybridized carbons (Fsp3) is 0.368. The number of nitrogens with one attached hydrogen (secondary N) is 1. The zero-order valence-electron chi connectivity index (χ0n) is 15.0. The summed E-state index contributed by atoms with van der Waals surface area (Å²) in [5, 5.41) is 13.0. The van der Waals surface area contributed by atoms with E-state index in [4.69, 9.17) is 11.6 Å². The van der Waals surface area contributed by atoms with E-state index in [1.54, 1.807) is 4.68 Å². The van der Waals surface area contributed by atoms with Crippen LogP contribution in [-0.4, -0.2) is 19.6 Å². The Kier molecular flexibility index (Phi) is 5.56. The van der Waals surface area contributed by atoms with E-state index >= 15 is 0 Å². The molecule has 3 aromatic rings. The van der Waals surface area contributed by atoms with Gasteiger partial charge in [0.15, 0.2) is 0 Å². The number of hydrogen-bond acceptors (Lipinski definition) is 3. The lowest BCUT2D eigenvalue weighted by Crippen LogP contribution is -2.13. The van der Waals surface area contributed by atoms with Crippen molar-refractivity contribution in [3.8, 4) is 5.69 Å². The van der Waals surface area contributed by atoms with Crippen molar-refractivity contribution in [2.45, 2.75) is 46.8 Å². The molecule has 0 amide bonds. The molecule has 132 valence electrons. The zero-order chi connectivity index (χ0) is 17.8. The van der Waals surface area contributed by atoms with E-state index in [-0.39, 0.29) is 0 Å². The molecule has 0 saturated carbocycles. The molecule has 0 radical (unpaired) electrons. The van der Waals surface area contributed by atoms with Crippen LogP contribution in [0.2, 0.25) is 5.02 Å². The van der Waals surface area contributed by atoms with E-state index in [1.807, 2.05) is 19.3 Å². The lowest BCUT2D eigenvalue weighted by Gasteiger charge is -2.07.